The second-order valence-corrected chi connectivity index (χ2v) is 6.39. The highest BCUT2D eigenvalue weighted by Crippen LogP contribution is 2.19. The molecule has 92 valence electrons. The van der Waals surface area contributed by atoms with Crippen molar-refractivity contribution in [3.05, 3.63) is 36.0 Å². The summed E-state index contributed by atoms with van der Waals surface area (Å²) in [6.07, 6.45) is 1.22. The summed E-state index contributed by atoms with van der Waals surface area (Å²) in [6.45, 7) is 0.292. The van der Waals surface area contributed by atoms with Crippen LogP contribution in [0.25, 0.3) is 10.9 Å². The number of aliphatic hydroxyl groups is 1. The van der Waals surface area contributed by atoms with Crippen molar-refractivity contribution in [1.82, 2.24) is 4.57 Å². The molecular weight excluding hydrogens is 238 g/mol. The lowest BCUT2D eigenvalue weighted by Crippen LogP contribution is -2.13. The zero-order valence-corrected chi connectivity index (χ0v) is 10.4. The molecule has 0 aliphatic rings. The normalized spacial score (nSPS) is 12.1. The van der Waals surface area contributed by atoms with Gasteiger partial charge in [-0.3, -0.25) is 0 Å². The molecule has 2 aromatic rings. The van der Waals surface area contributed by atoms with Crippen LogP contribution in [0.1, 0.15) is 5.69 Å². The van der Waals surface area contributed by atoms with Gasteiger partial charge in [0.25, 0.3) is 0 Å². The monoisotopic (exact) mass is 253 g/mol. The van der Waals surface area contributed by atoms with Gasteiger partial charge in [0.15, 0.2) is 0 Å². The van der Waals surface area contributed by atoms with Crippen LogP contribution in [-0.2, 0) is 23.0 Å². The van der Waals surface area contributed by atoms with Gasteiger partial charge in [-0.25, -0.2) is 8.42 Å². The van der Waals surface area contributed by atoms with Gasteiger partial charge < -0.3 is 9.67 Å². The second kappa shape index (κ2) is 4.50. The molecule has 0 saturated heterocycles. The largest absolute Gasteiger partial charge is 0.390 e. The SMILES string of the molecule is CS(=O)(=O)CCn1c(CO)cc2ccccc21. The first-order valence-electron chi connectivity index (χ1n) is 5.37. The molecule has 0 amide bonds. The number of benzene rings is 1. The van der Waals surface area contributed by atoms with E-state index in [4.69, 9.17) is 0 Å². The lowest BCUT2D eigenvalue weighted by molar-refractivity contribution is 0.272. The van der Waals surface area contributed by atoms with Crippen molar-refractivity contribution in [2.24, 2.45) is 0 Å². The van der Waals surface area contributed by atoms with Gasteiger partial charge in [-0.1, -0.05) is 18.2 Å². The number of nitrogens with zero attached hydrogens (tertiary/aromatic N) is 1. The minimum Gasteiger partial charge on any atom is -0.390 e. The van der Waals surface area contributed by atoms with E-state index < -0.39 is 9.84 Å². The maximum absolute atomic E-state index is 11.2. The molecule has 0 radical (unpaired) electrons. The quantitative estimate of drug-likeness (QED) is 0.890. The van der Waals surface area contributed by atoms with Crippen LogP contribution in [-0.4, -0.2) is 30.1 Å². The van der Waals surface area contributed by atoms with Crippen LogP contribution < -0.4 is 0 Å². The van der Waals surface area contributed by atoms with Gasteiger partial charge in [-0.2, -0.15) is 0 Å². The Balaban J connectivity index is 2.43. The van der Waals surface area contributed by atoms with Gasteiger partial charge in [0, 0.05) is 24.0 Å². The third-order valence-corrected chi connectivity index (χ3v) is 3.67. The summed E-state index contributed by atoms with van der Waals surface area (Å²) in [5.74, 6) is 0.0820. The van der Waals surface area contributed by atoms with E-state index in [1.807, 2.05) is 34.9 Å². The molecule has 2 rings (SSSR count). The Kier molecular flexibility index (Phi) is 3.22. The first kappa shape index (κ1) is 12.1. The van der Waals surface area contributed by atoms with Crippen molar-refractivity contribution < 1.29 is 13.5 Å². The molecule has 0 fully saturated rings. The highest BCUT2D eigenvalue weighted by molar-refractivity contribution is 7.90. The van der Waals surface area contributed by atoms with Crippen LogP contribution in [0.3, 0.4) is 0 Å². The van der Waals surface area contributed by atoms with Crippen molar-refractivity contribution in [2.75, 3.05) is 12.0 Å². The van der Waals surface area contributed by atoms with E-state index >= 15 is 0 Å². The summed E-state index contributed by atoms with van der Waals surface area (Å²) < 4.78 is 24.2. The molecule has 4 nitrogen and oxygen atoms in total. The van der Waals surface area contributed by atoms with E-state index in [2.05, 4.69) is 0 Å². The molecule has 1 aromatic carbocycles. The third kappa shape index (κ3) is 2.68. The number of hydrogen-bond donors (Lipinski definition) is 1. The predicted molar refractivity (Wildman–Crippen MR) is 67.6 cm³/mol. The zero-order valence-electron chi connectivity index (χ0n) is 9.63. The third-order valence-electron chi connectivity index (χ3n) is 2.74. The van der Waals surface area contributed by atoms with Crippen molar-refractivity contribution in [3.8, 4) is 0 Å². The van der Waals surface area contributed by atoms with Gasteiger partial charge in [-0.15, -0.1) is 0 Å². The van der Waals surface area contributed by atoms with E-state index in [0.717, 1.165) is 16.6 Å². The number of fused-ring (bicyclic) bond motifs is 1. The molecule has 0 bridgehead atoms. The van der Waals surface area contributed by atoms with Crippen molar-refractivity contribution in [1.29, 1.82) is 0 Å². The number of aryl methyl sites for hydroxylation is 1. The van der Waals surface area contributed by atoms with E-state index in [-0.39, 0.29) is 12.4 Å². The molecule has 0 aliphatic heterocycles. The number of para-hydroxylation sites is 1. The fourth-order valence-corrected chi connectivity index (χ4v) is 2.43. The minimum absolute atomic E-state index is 0.0820. The Morgan fingerprint density at radius 3 is 2.65 bits per heavy atom. The molecule has 0 aliphatic carbocycles. The van der Waals surface area contributed by atoms with E-state index in [1.165, 1.54) is 6.26 Å². The first-order chi connectivity index (χ1) is 8.01. The molecule has 0 unspecified atom stereocenters. The molecule has 1 aromatic heterocycles. The summed E-state index contributed by atoms with van der Waals surface area (Å²) in [5, 5.41) is 10.3. The molecule has 1 N–H and O–H groups in total. The highest BCUT2D eigenvalue weighted by Gasteiger charge is 2.10. The Hall–Kier alpha value is -1.33. The fraction of sp³-hybridized carbons (Fsp3) is 0.333. The Bertz CT molecular complexity index is 628. The lowest BCUT2D eigenvalue weighted by atomic mass is 10.2. The van der Waals surface area contributed by atoms with Crippen LogP contribution in [0.4, 0.5) is 0 Å². The van der Waals surface area contributed by atoms with Gasteiger partial charge >= 0.3 is 0 Å². The molecule has 0 saturated carbocycles. The van der Waals surface area contributed by atoms with Crippen molar-refractivity contribution in [3.63, 3.8) is 0 Å². The molecule has 0 atom stereocenters. The summed E-state index contributed by atoms with van der Waals surface area (Å²) >= 11 is 0. The van der Waals surface area contributed by atoms with E-state index in [0.29, 0.717) is 6.54 Å². The summed E-state index contributed by atoms with van der Waals surface area (Å²) in [5.41, 5.74) is 1.70. The van der Waals surface area contributed by atoms with Crippen LogP contribution in [0, 0.1) is 0 Å². The van der Waals surface area contributed by atoms with Crippen LogP contribution in [0.2, 0.25) is 0 Å². The van der Waals surface area contributed by atoms with Gasteiger partial charge in [0.05, 0.1) is 12.4 Å². The lowest BCUT2D eigenvalue weighted by Gasteiger charge is -2.08. The molecule has 17 heavy (non-hydrogen) atoms. The average molecular weight is 253 g/mol. The fourth-order valence-electron chi connectivity index (χ4n) is 1.92. The number of aromatic nitrogens is 1. The van der Waals surface area contributed by atoms with E-state index in [1.54, 1.807) is 0 Å². The van der Waals surface area contributed by atoms with E-state index in [9.17, 15) is 13.5 Å². The molecular formula is C12H15NO3S. The van der Waals surface area contributed by atoms with Crippen LogP contribution >= 0.6 is 0 Å². The standard InChI is InChI=1S/C12H15NO3S/c1-17(15,16)7-6-13-11(9-14)8-10-4-2-3-5-12(10)13/h2-5,8,14H,6-7,9H2,1H3. The number of rotatable bonds is 4. The maximum Gasteiger partial charge on any atom is 0.149 e. The Labute approximate surface area is 100 Å². The zero-order chi connectivity index (χ0) is 12.5. The van der Waals surface area contributed by atoms with Crippen LogP contribution in [0.5, 0.6) is 0 Å². The average Bonchev–Trinajstić information content (AvgIpc) is 2.63. The summed E-state index contributed by atoms with van der Waals surface area (Å²) in [6, 6.07) is 9.59. The topological polar surface area (TPSA) is 59.3 Å². The number of sulfone groups is 1. The van der Waals surface area contributed by atoms with Gasteiger partial charge in [0.1, 0.15) is 9.84 Å². The number of aliphatic hydroxyl groups excluding tert-OH is 1. The van der Waals surface area contributed by atoms with Gasteiger partial charge in [0.2, 0.25) is 0 Å². The first-order valence-corrected chi connectivity index (χ1v) is 7.43. The summed E-state index contributed by atoms with van der Waals surface area (Å²) in [4.78, 5) is 0. The maximum atomic E-state index is 11.2. The van der Waals surface area contributed by atoms with Crippen molar-refractivity contribution in [2.45, 2.75) is 13.2 Å². The Morgan fingerprint density at radius 2 is 2.00 bits per heavy atom. The highest BCUT2D eigenvalue weighted by atomic mass is 32.2. The minimum atomic E-state index is -3.00. The molecule has 5 heteroatoms. The summed E-state index contributed by atoms with van der Waals surface area (Å²) in [7, 11) is -3.00. The predicted octanol–water partition coefficient (Wildman–Crippen LogP) is 1.18. The molecule has 1 heterocycles. The molecule has 0 spiro atoms. The number of hydrogen-bond acceptors (Lipinski definition) is 3. The second-order valence-electron chi connectivity index (χ2n) is 4.13. The smallest absolute Gasteiger partial charge is 0.149 e. The van der Waals surface area contributed by atoms with Crippen LogP contribution in [0.15, 0.2) is 30.3 Å². The van der Waals surface area contributed by atoms with Crippen molar-refractivity contribution >= 4 is 20.7 Å². The van der Waals surface area contributed by atoms with Gasteiger partial charge in [-0.05, 0) is 17.5 Å². The Morgan fingerprint density at radius 1 is 1.29 bits per heavy atom.